The van der Waals surface area contributed by atoms with Crippen LogP contribution in [0.25, 0.3) is 0 Å². The Balaban J connectivity index is 1.76. The standard InChI is InChI=1S/C20H19ClN2O3/c1-3-14-6-4-5-7-18(14)22-20(24)19-17(13(2)26-23-19)12-25-16-10-8-15(21)9-11-16/h4-11H,3,12H2,1-2H3,(H,22,24). The van der Waals surface area contributed by atoms with Crippen molar-refractivity contribution in [3.63, 3.8) is 0 Å². The number of ether oxygens (including phenoxy) is 1. The summed E-state index contributed by atoms with van der Waals surface area (Å²) in [5, 5.41) is 7.44. The van der Waals surface area contributed by atoms with Gasteiger partial charge in [0.05, 0.1) is 5.56 Å². The number of hydrogen-bond acceptors (Lipinski definition) is 4. The minimum absolute atomic E-state index is 0.176. The lowest BCUT2D eigenvalue weighted by Gasteiger charge is -2.10. The monoisotopic (exact) mass is 370 g/mol. The van der Waals surface area contributed by atoms with Crippen LogP contribution in [-0.4, -0.2) is 11.1 Å². The number of benzene rings is 2. The van der Waals surface area contributed by atoms with E-state index in [1.165, 1.54) is 0 Å². The van der Waals surface area contributed by atoms with Crippen LogP contribution in [0.3, 0.4) is 0 Å². The average molecular weight is 371 g/mol. The number of amides is 1. The molecule has 26 heavy (non-hydrogen) atoms. The van der Waals surface area contributed by atoms with E-state index in [1.807, 2.05) is 31.2 Å². The summed E-state index contributed by atoms with van der Waals surface area (Å²) in [6.45, 7) is 3.97. The molecule has 0 aliphatic carbocycles. The second-order valence-corrected chi connectivity index (χ2v) is 6.21. The quantitative estimate of drug-likeness (QED) is 0.660. The molecule has 0 fully saturated rings. The lowest BCUT2D eigenvalue weighted by atomic mass is 10.1. The van der Waals surface area contributed by atoms with Gasteiger partial charge in [0.15, 0.2) is 5.69 Å². The molecule has 3 rings (SSSR count). The summed E-state index contributed by atoms with van der Waals surface area (Å²) in [5.74, 6) is 0.878. The molecule has 0 aliphatic rings. The van der Waals surface area contributed by atoms with E-state index in [9.17, 15) is 4.79 Å². The van der Waals surface area contributed by atoms with Gasteiger partial charge in [-0.25, -0.2) is 0 Å². The van der Waals surface area contributed by atoms with Gasteiger partial charge in [-0.1, -0.05) is 41.9 Å². The second-order valence-electron chi connectivity index (χ2n) is 5.77. The highest BCUT2D eigenvalue weighted by Crippen LogP contribution is 2.22. The first kappa shape index (κ1) is 18.0. The van der Waals surface area contributed by atoms with Gasteiger partial charge in [-0.3, -0.25) is 4.79 Å². The Hall–Kier alpha value is -2.79. The van der Waals surface area contributed by atoms with Gasteiger partial charge in [-0.05, 0) is 49.2 Å². The van der Waals surface area contributed by atoms with Crippen LogP contribution in [-0.2, 0) is 13.0 Å². The molecule has 1 amide bonds. The molecule has 0 saturated heterocycles. The van der Waals surface area contributed by atoms with E-state index in [2.05, 4.69) is 10.5 Å². The maximum absolute atomic E-state index is 12.7. The maximum atomic E-state index is 12.7. The Bertz CT molecular complexity index is 904. The molecule has 3 aromatic rings. The number of rotatable bonds is 6. The van der Waals surface area contributed by atoms with E-state index in [0.717, 1.165) is 17.7 Å². The molecule has 1 N–H and O–H groups in total. The highest BCUT2D eigenvalue weighted by molar-refractivity contribution is 6.30. The van der Waals surface area contributed by atoms with Crippen molar-refractivity contribution < 1.29 is 14.1 Å². The Morgan fingerprint density at radius 3 is 2.65 bits per heavy atom. The minimum Gasteiger partial charge on any atom is -0.489 e. The molecule has 2 aromatic carbocycles. The van der Waals surface area contributed by atoms with E-state index < -0.39 is 0 Å². The van der Waals surface area contributed by atoms with Crippen molar-refractivity contribution in [2.24, 2.45) is 0 Å². The maximum Gasteiger partial charge on any atom is 0.278 e. The third-order valence-corrected chi connectivity index (χ3v) is 4.30. The number of carbonyl (C=O) groups is 1. The van der Waals surface area contributed by atoms with E-state index in [4.69, 9.17) is 20.9 Å². The first-order chi connectivity index (χ1) is 12.6. The van der Waals surface area contributed by atoms with Gasteiger partial charge in [-0.15, -0.1) is 0 Å². The van der Waals surface area contributed by atoms with E-state index in [1.54, 1.807) is 31.2 Å². The van der Waals surface area contributed by atoms with Crippen molar-refractivity contribution in [3.05, 3.63) is 76.1 Å². The van der Waals surface area contributed by atoms with E-state index in [-0.39, 0.29) is 18.2 Å². The zero-order chi connectivity index (χ0) is 18.5. The van der Waals surface area contributed by atoms with Crippen LogP contribution in [0.2, 0.25) is 5.02 Å². The highest BCUT2D eigenvalue weighted by atomic mass is 35.5. The Morgan fingerprint density at radius 2 is 1.92 bits per heavy atom. The third-order valence-electron chi connectivity index (χ3n) is 4.04. The first-order valence-corrected chi connectivity index (χ1v) is 8.69. The lowest BCUT2D eigenvalue weighted by Crippen LogP contribution is -2.16. The van der Waals surface area contributed by atoms with Crippen LogP contribution in [0, 0.1) is 6.92 Å². The molecule has 0 radical (unpaired) electrons. The molecule has 6 heteroatoms. The van der Waals surface area contributed by atoms with Crippen LogP contribution in [0.5, 0.6) is 5.75 Å². The summed E-state index contributed by atoms with van der Waals surface area (Å²) in [6.07, 6.45) is 0.820. The summed E-state index contributed by atoms with van der Waals surface area (Å²) in [7, 11) is 0. The van der Waals surface area contributed by atoms with Gasteiger partial charge in [0, 0.05) is 10.7 Å². The Kier molecular flexibility index (Phi) is 5.58. The number of nitrogens with one attached hydrogen (secondary N) is 1. The van der Waals surface area contributed by atoms with Gasteiger partial charge >= 0.3 is 0 Å². The number of carbonyl (C=O) groups excluding carboxylic acids is 1. The molecule has 1 heterocycles. The number of aromatic nitrogens is 1. The fourth-order valence-electron chi connectivity index (χ4n) is 2.56. The molecule has 0 saturated carbocycles. The van der Waals surface area contributed by atoms with Gasteiger partial charge in [0.1, 0.15) is 18.1 Å². The predicted octanol–water partition coefficient (Wildman–Crippen LogP) is 5.03. The number of anilines is 1. The van der Waals surface area contributed by atoms with Crippen molar-refractivity contribution in [2.45, 2.75) is 26.9 Å². The number of nitrogens with zero attached hydrogens (tertiary/aromatic N) is 1. The van der Waals surface area contributed by atoms with Crippen LogP contribution in [0.15, 0.2) is 53.1 Å². The van der Waals surface area contributed by atoms with Crippen molar-refractivity contribution >= 4 is 23.2 Å². The summed E-state index contributed by atoms with van der Waals surface area (Å²) < 4.78 is 10.9. The average Bonchev–Trinajstić information content (AvgIpc) is 3.02. The van der Waals surface area contributed by atoms with Crippen LogP contribution in [0.1, 0.15) is 34.3 Å². The molecule has 134 valence electrons. The fraction of sp³-hybridized carbons (Fsp3) is 0.200. The molecule has 0 atom stereocenters. The van der Waals surface area contributed by atoms with Gasteiger partial charge in [0.25, 0.3) is 5.91 Å². The van der Waals surface area contributed by atoms with Crippen molar-refractivity contribution in [3.8, 4) is 5.75 Å². The van der Waals surface area contributed by atoms with Crippen LogP contribution >= 0.6 is 11.6 Å². The Morgan fingerprint density at radius 1 is 1.19 bits per heavy atom. The summed E-state index contributed by atoms with van der Waals surface area (Å²) in [4.78, 5) is 12.7. The summed E-state index contributed by atoms with van der Waals surface area (Å²) in [6, 6.07) is 14.7. The Labute approximate surface area is 156 Å². The van der Waals surface area contributed by atoms with Gasteiger partial charge < -0.3 is 14.6 Å². The second kappa shape index (κ2) is 8.06. The summed E-state index contributed by atoms with van der Waals surface area (Å²) >= 11 is 5.87. The molecule has 0 unspecified atom stereocenters. The van der Waals surface area contributed by atoms with E-state index in [0.29, 0.717) is 22.1 Å². The first-order valence-electron chi connectivity index (χ1n) is 8.31. The van der Waals surface area contributed by atoms with Crippen LogP contribution in [0.4, 0.5) is 5.69 Å². The number of para-hydroxylation sites is 1. The topological polar surface area (TPSA) is 64.4 Å². The molecule has 0 aliphatic heterocycles. The molecule has 1 aromatic heterocycles. The minimum atomic E-state index is -0.322. The molecule has 0 spiro atoms. The fourth-order valence-corrected chi connectivity index (χ4v) is 2.68. The molecular weight excluding hydrogens is 352 g/mol. The van der Waals surface area contributed by atoms with Crippen molar-refractivity contribution in [2.75, 3.05) is 5.32 Å². The zero-order valence-corrected chi connectivity index (χ0v) is 15.3. The molecule has 0 bridgehead atoms. The SMILES string of the molecule is CCc1ccccc1NC(=O)c1noc(C)c1COc1ccc(Cl)cc1. The predicted molar refractivity (Wildman–Crippen MR) is 101 cm³/mol. The molecular formula is C20H19ClN2O3. The van der Waals surface area contributed by atoms with Gasteiger partial charge in [-0.2, -0.15) is 0 Å². The number of aryl methyl sites for hydroxylation is 2. The highest BCUT2D eigenvalue weighted by Gasteiger charge is 2.21. The van der Waals surface area contributed by atoms with E-state index >= 15 is 0 Å². The normalized spacial score (nSPS) is 10.6. The third kappa shape index (κ3) is 4.06. The summed E-state index contributed by atoms with van der Waals surface area (Å²) in [5.41, 5.74) is 2.67. The zero-order valence-electron chi connectivity index (χ0n) is 14.6. The van der Waals surface area contributed by atoms with Crippen molar-refractivity contribution in [1.82, 2.24) is 5.16 Å². The smallest absolute Gasteiger partial charge is 0.278 e. The lowest BCUT2D eigenvalue weighted by molar-refractivity contribution is 0.101. The number of halogens is 1. The van der Waals surface area contributed by atoms with Crippen LogP contribution < -0.4 is 10.1 Å². The number of hydrogen-bond donors (Lipinski definition) is 1. The largest absolute Gasteiger partial charge is 0.489 e. The van der Waals surface area contributed by atoms with Gasteiger partial charge in [0.2, 0.25) is 0 Å². The molecule has 5 nitrogen and oxygen atoms in total. The van der Waals surface area contributed by atoms with Crippen molar-refractivity contribution in [1.29, 1.82) is 0 Å².